The molecule has 136 valence electrons. The van der Waals surface area contributed by atoms with E-state index < -0.39 is 18.4 Å². The molecule has 0 unspecified atom stereocenters. The Balaban J connectivity index is 2.37. The third-order valence-electron chi connectivity index (χ3n) is 5.62. The minimum absolute atomic E-state index is 0.272. The van der Waals surface area contributed by atoms with Crippen LogP contribution < -0.4 is 2.89 Å². The molecule has 1 aliphatic heterocycles. The Labute approximate surface area is 156 Å². The monoisotopic (exact) mass is 457 g/mol. The van der Waals surface area contributed by atoms with E-state index in [1.165, 1.54) is 57.4 Å². The number of hydrogen-bond acceptors (Lipinski definition) is 2. The van der Waals surface area contributed by atoms with Crippen LogP contribution >= 0.6 is 11.3 Å². The maximum atomic E-state index is 12.6. The Bertz CT molecular complexity index is 518. The molecule has 2 nitrogen and oxygen atoms in total. The fraction of sp³-hybridized carbons (Fsp3) is 0.750. The van der Waals surface area contributed by atoms with Crippen molar-refractivity contribution in [3.63, 3.8) is 0 Å². The number of thiophene rings is 1. The standard InChI is InChI=1S/C8H8NOS.3C4H9.Sn/c1-9-4-2-6-3-5-11-7(6)8(9)10;3*1-3-4-2;/h3H,2,4H2,1H3;3*1,3-4H2,2H3;. The van der Waals surface area contributed by atoms with Gasteiger partial charge in [-0.15, -0.1) is 0 Å². The van der Waals surface area contributed by atoms with E-state index in [2.05, 4.69) is 26.8 Å². The Kier molecular flexibility index (Phi) is 8.12. The zero-order valence-electron chi connectivity index (χ0n) is 16.1. The van der Waals surface area contributed by atoms with Crippen molar-refractivity contribution in [1.82, 2.24) is 4.90 Å². The van der Waals surface area contributed by atoms with Gasteiger partial charge in [-0.1, -0.05) is 0 Å². The summed E-state index contributed by atoms with van der Waals surface area (Å²) in [4.78, 5) is 15.5. The minimum atomic E-state index is -2.36. The first-order chi connectivity index (χ1) is 11.6. The van der Waals surface area contributed by atoms with E-state index in [9.17, 15) is 4.79 Å². The van der Waals surface area contributed by atoms with Gasteiger partial charge in [-0.2, -0.15) is 0 Å². The van der Waals surface area contributed by atoms with Gasteiger partial charge in [0.05, 0.1) is 0 Å². The van der Waals surface area contributed by atoms with Crippen molar-refractivity contribution >= 4 is 38.5 Å². The predicted molar refractivity (Wildman–Crippen MR) is 110 cm³/mol. The number of fused-ring (bicyclic) bond motifs is 1. The van der Waals surface area contributed by atoms with Gasteiger partial charge < -0.3 is 0 Å². The van der Waals surface area contributed by atoms with Crippen LogP contribution in [0.2, 0.25) is 13.3 Å². The van der Waals surface area contributed by atoms with E-state index >= 15 is 0 Å². The fourth-order valence-electron chi connectivity index (χ4n) is 3.91. The molecule has 1 aromatic heterocycles. The third-order valence-corrected chi connectivity index (χ3v) is 25.0. The molecular formula is C20H35NOSSn. The molecule has 0 fully saturated rings. The molecule has 0 radical (unpaired) electrons. The zero-order chi connectivity index (χ0) is 17.6. The number of hydrogen-bond donors (Lipinski definition) is 0. The predicted octanol–water partition coefficient (Wildman–Crippen LogP) is 5.43. The van der Waals surface area contributed by atoms with Gasteiger partial charge in [0.15, 0.2) is 0 Å². The first kappa shape index (κ1) is 20.3. The second-order valence-corrected chi connectivity index (χ2v) is 22.7. The van der Waals surface area contributed by atoms with Crippen molar-refractivity contribution in [2.75, 3.05) is 13.6 Å². The van der Waals surface area contributed by atoms with Crippen LogP contribution in [0.5, 0.6) is 0 Å². The number of amides is 1. The normalized spacial score (nSPS) is 15.0. The van der Waals surface area contributed by atoms with Gasteiger partial charge in [0.1, 0.15) is 0 Å². The van der Waals surface area contributed by atoms with Crippen molar-refractivity contribution < 1.29 is 4.79 Å². The number of unbranched alkanes of at least 4 members (excludes halogenated alkanes) is 3. The van der Waals surface area contributed by atoms with E-state index in [0.29, 0.717) is 0 Å². The molecule has 0 saturated heterocycles. The molecular weight excluding hydrogens is 421 g/mol. The topological polar surface area (TPSA) is 20.3 Å². The second-order valence-electron chi connectivity index (χ2n) is 7.53. The van der Waals surface area contributed by atoms with Crippen LogP contribution in [0.1, 0.15) is 74.5 Å². The van der Waals surface area contributed by atoms with Crippen LogP contribution in [-0.4, -0.2) is 42.8 Å². The Hall–Kier alpha value is -0.0313. The van der Waals surface area contributed by atoms with Crippen molar-refractivity contribution in [3.05, 3.63) is 16.5 Å². The molecule has 0 aromatic carbocycles. The molecule has 24 heavy (non-hydrogen) atoms. The molecule has 0 atom stereocenters. The molecule has 1 aliphatic rings. The van der Waals surface area contributed by atoms with Gasteiger partial charge in [0.25, 0.3) is 0 Å². The first-order valence-electron chi connectivity index (χ1n) is 9.96. The molecule has 1 aromatic rings. The average molecular weight is 456 g/mol. The molecule has 0 saturated carbocycles. The van der Waals surface area contributed by atoms with Crippen LogP contribution in [0.25, 0.3) is 0 Å². The third kappa shape index (κ3) is 4.57. The summed E-state index contributed by atoms with van der Waals surface area (Å²) in [5.41, 5.74) is 1.36. The van der Waals surface area contributed by atoms with Crippen LogP contribution in [-0.2, 0) is 6.42 Å². The number of carbonyl (C=O) groups excluding carboxylic acids is 1. The maximum absolute atomic E-state index is 12.6. The Morgan fingerprint density at radius 2 is 1.58 bits per heavy atom. The van der Waals surface area contributed by atoms with Crippen LogP contribution in [0.15, 0.2) is 6.07 Å². The summed E-state index contributed by atoms with van der Waals surface area (Å²) >= 11 is -0.448. The number of rotatable bonds is 10. The van der Waals surface area contributed by atoms with E-state index in [1.54, 1.807) is 2.89 Å². The zero-order valence-corrected chi connectivity index (χ0v) is 19.8. The summed E-state index contributed by atoms with van der Waals surface area (Å²) in [6.07, 6.45) is 9.15. The SMILES string of the molecule is CCC[CH2][Sn]([CH2]CCC)([CH2]CCC)[c]1cc2c(s1)C(=O)N(C)CC2. The number of carbonyl (C=O) groups is 1. The summed E-state index contributed by atoms with van der Waals surface area (Å²) in [6.45, 7) is 7.88. The van der Waals surface area contributed by atoms with Gasteiger partial charge in [0, 0.05) is 0 Å². The van der Waals surface area contributed by atoms with Gasteiger partial charge in [-0.3, -0.25) is 0 Å². The molecule has 2 rings (SSSR count). The van der Waals surface area contributed by atoms with Crippen molar-refractivity contribution in [2.24, 2.45) is 0 Å². The summed E-state index contributed by atoms with van der Waals surface area (Å²) in [5.74, 6) is 0.272. The number of likely N-dealkylation sites (N-methyl/N-ethyl adjacent to an activating group) is 1. The van der Waals surface area contributed by atoms with E-state index in [0.717, 1.165) is 17.8 Å². The fourth-order valence-corrected chi connectivity index (χ4v) is 24.3. The summed E-state index contributed by atoms with van der Waals surface area (Å²) in [5, 5.41) is 0. The summed E-state index contributed by atoms with van der Waals surface area (Å²) in [6, 6.07) is 2.50. The van der Waals surface area contributed by atoms with Crippen molar-refractivity contribution in [1.29, 1.82) is 0 Å². The average Bonchev–Trinajstić information content (AvgIpc) is 3.03. The molecule has 1 amide bonds. The van der Waals surface area contributed by atoms with Crippen LogP contribution in [0.3, 0.4) is 0 Å². The Morgan fingerprint density at radius 3 is 2.08 bits per heavy atom. The van der Waals surface area contributed by atoms with Gasteiger partial charge >= 0.3 is 157 Å². The van der Waals surface area contributed by atoms with Gasteiger partial charge in [0.2, 0.25) is 0 Å². The van der Waals surface area contributed by atoms with E-state index in [1.807, 2.05) is 23.3 Å². The molecule has 0 bridgehead atoms. The quantitative estimate of drug-likeness (QED) is 0.430. The van der Waals surface area contributed by atoms with Gasteiger partial charge in [-0.25, -0.2) is 0 Å². The van der Waals surface area contributed by atoms with Crippen LogP contribution in [0, 0.1) is 0 Å². The van der Waals surface area contributed by atoms with E-state index in [4.69, 9.17) is 0 Å². The molecule has 2 heterocycles. The first-order valence-corrected chi connectivity index (χ1v) is 18.3. The van der Waals surface area contributed by atoms with Crippen molar-refractivity contribution in [3.8, 4) is 0 Å². The Morgan fingerprint density at radius 1 is 1.04 bits per heavy atom. The van der Waals surface area contributed by atoms with Gasteiger partial charge in [-0.05, 0) is 0 Å². The molecule has 0 N–H and O–H groups in total. The summed E-state index contributed by atoms with van der Waals surface area (Å²) in [7, 11) is 1.95. The number of nitrogens with zero attached hydrogens (tertiary/aromatic N) is 1. The summed E-state index contributed by atoms with van der Waals surface area (Å²) < 4.78 is 6.20. The second kappa shape index (κ2) is 9.61. The van der Waals surface area contributed by atoms with E-state index in [-0.39, 0.29) is 5.91 Å². The molecule has 4 heteroatoms. The molecule has 0 aliphatic carbocycles. The van der Waals surface area contributed by atoms with Crippen molar-refractivity contribution in [2.45, 2.75) is 79.0 Å². The molecule has 0 spiro atoms. The van der Waals surface area contributed by atoms with Crippen LogP contribution in [0.4, 0.5) is 0 Å².